The van der Waals surface area contributed by atoms with Crippen LogP contribution in [0.15, 0.2) is 0 Å². The first-order valence-corrected chi connectivity index (χ1v) is 2.34. The van der Waals surface area contributed by atoms with E-state index in [1.54, 1.807) is 0 Å². The maximum atomic E-state index is 7.69. The van der Waals surface area contributed by atoms with E-state index in [1.165, 1.54) is 0 Å². The fourth-order valence-corrected chi connectivity index (χ4v) is 0. The van der Waals surface area contributed by atoms with Crippen molar-refractivity contribution in [2.24, 2.45) is 0 Å². The SMILES string of the molecule is O.O.[NH-]CCO.[NH-]CCO.[Pt+2]. The van der Waals surface area contributed by atoms with Crippen molar-refractivity contribution < 1.29 is 42.2 Å². The van der Waals surface area contributed by atoms with Gasteiger partial charge in [0.1, 0.15) is 0 Å². The van der Waals surface area contributed by atoms with E-state index >= 15 is 0 Å². The minimum Gasteiger partial charge on any atom is -0.676 e. The number of rotatable bonds is 2. The van der Waals surface area contributed by atoms with Gasteiger partial charge in [0.15, 0.2) is 0 Å². The molecule has 0 saturated heterocycles. The van der Waals surface area contributed by atoms with Crippen molar-refractivity contribution in [3.8, 4) is 0 Å². The summed E-state index contributed by atoms with van der Waals surface area (Å²) >= 11 is 0. The summed E-state index contributed by atoms with van der Waals surface area (Å²) in [5.41, 5.74) is 12.4. The molecule has 8 N–H and O–H groups in total. The summed E-state index contributed by atoms with van der Waals surface area (Å²) in [6, 6.07) is 0. The minimum absolute atomic E-state index is 0. The van der Waals surface area contributed by atoms with Crippen LogP contribution in [0.5, 0.6) is 0 Å². The number of hydrogen-bond donors (Lipinski definition) is 2. The predicted molar refractivity (Wildman–Crippen MR) is 39.8 cm³/mol. The summed E-state index contributed by atoms with van der Waals surface area (Å²) in [5, 5.41) is 15.4. The molecule has 0 aliphatic rings. The van der Waals surface area contributed by atoms with Crippen LogP contribution in [0.4, 0.5) is 0 Å². The second-order valence-electron chi connectivity index (χ2n) is 0.947. The second kappa shape index (κ2) is 47.1. The molecule has 7 heteroatoms. The summed E-state index contributed by atoms with van der Waals surface area (Å²) in [5.74, 6) is 0. The Kier molecular flexibility index (Phi) is 129. The van der Waals surface area contributed by atoms with Gasteiger partial charge in [-0.25, -0.2) is 0 Å². The van der Waals surface area contributed by atoms with Gasteiger partial charge < -0.3 is 32.6 Å². The van der Waals surface area contributed by atoms with Crippen molar-refractivity contribution in [3.05, 3.63) is 11.5 Å². The number of aliphatic hydroxyl groups is 2. The molecule has 76 valence electrons. The van der Waals surface area contributed by atoms with Crippen LogP contribution < -0.4 is 0 Å². The molecule has 0 aromatic rings. The van der Waals surface area contributed by atoms with Gasteiger partial charge in [-0.2, -0.15) is 0 Å². The van der Waals surface area contributed by atoms with Crippen LogP contribution in [-0.4, -0.2) is 47.5 Å². The third kappa shape index (κ3) is 124. The summed E-state index contributed by atoms with van der Waals surface area (Å²) < 4.78 is 0. The maximum Gasteiger partial charge on any atom is 2.00 e. The van der Waals surface area contributed by atoms with Gasteiger partial charge >= 0.3 is 21.1 Å². The van der Waals surface area contributed by atoms with Crippen molar-refractivity contribution in [1.82, 2.24) is 0 Å². The molecule has 6 nitrogen and oxygen atoms in total. The molecular formula is C4H16N2O4Pt. The zero-order valence-corrected chi connectivity index (χ0v) is 8.31. The molecule has 0 saturated carbocycles. The Bertz CT molecular complexity index is 28.1. The van der Waals surface area contributed by atoms with E-state index in [1.807, 2.05) is 0 Å². The molecule has 0 aromatic carbocycles. The van der Waals surface area contributed by atoms with Crippen LogP contribution in [0, 0.1) is 0 Å². The Morgan fingerprint density at radius 2 is 0.909 bits per heavy atom. The molecule has 0 rings (SSSR count). The predicted octanol–water partition coefficient (Wildman–Crippen LogP) is -1.59. The molecule has 0 bridgehead atoms. The van der Waals surface area contributed by atoms with Crippen LogP contribution in [0.25, 0.3) is 11.5 Å². The third-order valence-electron chi connectivity index (χ3n) is 0.224. The standard InChI is InChI=1S/2C2H6NO.2H2O.Pt/c2*3-1-2-4;;;/h2*3-4H,1-2H2;2*1H2;/q2*-1;;;+2. The molecule has 0 atom stereocenters. The van der Waals surface area contributed by atoms with E-state index in [-0.39, 0.29) is 58.3 Å². The Balaban J connectivity index is -0.0000000171. The van der Waals surface area contributed by atoms with Crippen LogP contribution in [0.1, 0.15) is 0 Å². The molecule has 0 unspecified atom stereocenters. The molecule has 11 heavy (non-hydrogen) atoms. The molecule has 0 aliphatic carbocycles. The molecule has 0 aromatic heterocycles. The Morgan fingerprint density at radius 1 is 0.818 bits per heavy atom. The van der Waals surface area contributed by atoms with Gasteiger partial charge in [0.2, 0.25) is 0 Å². The van der Waals surface area contributed by atoms with E-state index in [9.17, 15) is 0 Å². The van der Waals surface area contributed by atoms with Crippen LogP contribution in [-0.2, 0) is 21.1 Å². The second-order valence-corrected chi connectivity index (χ2v) is 0.947. The quantitative estimate of drug-likeness (QED) is 0.616. The molecule has 0 heterocycles. The minimum atomic E-state index is -0.0139. The largest absolute Gasteiger partial charge is 2.00 e. The Labute approximate surface area is 80.5 Å². The van der Waals surface area contributed by atoms with E-state index in [4.69, 9.17) is 21.7 Å². The van der Waals surface area contributed by atoms with Gasteiger partial charge in [-0.1, -0.05) is 0 Å². The fourth-order valence-electron chi connectivity index (χ4n) is 0. The summed E-state index contributed by atoms with van der Waals surface area (Å²) in [4.78, 5) is 0. The Hall–Kier alpha value is 0.448. The van der Waals surface area contributed by atoms with E-state index in [0.29, 0.717) is 0 Å². The first-order valence-electron chi connectivity index (χ1n) is 2.34. The van der Waals surface area contributed by atoms with Crippen molar-refractivity contribution in [2.75, 3.05) is 26.3 Å². The van der Waals surface area contributed by atoms with E-state index in [2.05, 4.69) is 0 Å². The van der Waals surface area contributed by atoms with Gasteiger partial charge in [-0.05, 0) is 0 Å². The molecule has 0 radical (unpaired) electrons. The van der Waals surface area contributed by atoms with Gasteiger partial charge in [-0.15, -0.1) is 13.1 Å². The smallest absolute Gasteiger partial charge is 0.676 e. The molecule has 0 fully saturated rings. The summed E-state index contributed by atoms with van der Waals surface area (Å²) in [6.07, 6.45) is 0. The Morgan fingerprint density at radius 3 is 0.909 bits per heavy atom. The zero-order valence-electron chi connectivity index (χ0n) is 6.04. The number of aliphatic hydroxyl groups excluding tert-OH is 2. The normalized spacial score (nSPS) is 5.45. The van der Waals surface area contributed by atoms with Gasteiger partial charge in [-0.3, -0.25) is 0 Å². The van der Waals surface area contributed by atoms with E-state index in [0.717, 1.165) is 0 Å². The van der Waals surface area contributed by atoms with Gasteiger partial charge in [0.25, 0.3) is 0 Å². The van der Waals surface area contributed by atoms with Gasteiger partial charge in [0.05, 0.1) is 0 Å². The average molecular weight is 351 g/mol. The van der Waals surface area contributed by atoms with Crippen molar-refractivity contribution in [2.45, 2.75) is 0 Å². The molecule has 0 aliphatic heterocycles. The first kappa shape index (κ1) is 30.1. The van der Waals surface area contributed by atoms with Gasteiger partial charge in [0, 0.05) is 13.2 Å². The third-order valence-corrected chi connectivity index (χ3v) is 0.224. The fraction of sp³-hybridized carbons (Fsp3) is 1.00. The molecule has 0 amide bonds. The van der Waals surface area contributed by atoms with Crippen molar-refractivity contribution >= 4 is 0 Å². The summed E-state index contributed by atoms with van der Waals surface area (Å²) in [7, 11) is 0. The van der Waals surface area contributed by atoms with Crippen molar-refractivity contribution in [1.29, 1.82) is 0 Å². The summed E-state index contributed by atoms with van der Waals surface area (Å²) in [6.45, 7) is 0.222. The topological polar surface area (TPSA) is 151 Å². The zero-order chi connectivity index (χ0) is 6.83. The van der Waals surface area contributed by atoms with Crippen LogP contribution in [0.2, 0.25) is 0 Å². The number of hydrogen-bond acceptors (Lipinski definition) is 2. The molecular weight excluding hydrogens is 335 g/mol. The molecule has 0 spiro atoms. The average Bonchev–Trinajstić information content (AvgIpc) is 1.88. The maximum absolute atomic E-state index is 7.69. The number of nitrogens with one attached hydrogen (secondary N) is 2. The van der Waals surface area contributed by atoms with Crippen LogP contribution in [0.3, 0.4) is 0 Å². The van der Waals surface area contributed by atoms with Crippen molar-refractivity contribution in [3.63, 3.8) is 0 Å². The van der Waals surface area contributed by atoms with Crippen LogP contribution >= 0.6 is 0 Å². The first-order chi connectivity index (χ1) is 3.83. The van der Waals surface area contributed by atoms with E-state index < -0.39 is 0 Å². The monoisotopic (exact) mass is 351 g/mol.